The molecule has 1 fully saturated rings. The standard InChI is InChI=1S/C12H23NO/c1-10(2)14-9-5-7-11-6-3-4-8-12(11)13/h10-11,13H,3-9H2,1-2H3. The molecule has 1 aliphatic carbocycles. The van der Waals surface area contributed by atoms with E-state index in [9.17, 15) is 0 Å². The fourth-order valence-corrected chi connectivity index (χ4v) is 2.05. The number of rotatable bonds is 5. The molecule has 82 valence electrons. The van der Waals surface area contributed by atoms with Gasteiger partial charge in [-0.05, 0) is 51.9 Å². The van der Waals surface area contributed by atoms with E-state index in [2.05, 4.69) is 13.8 Å². The van der Waals surface area contributed by atoms with Gasteiger partial charge in [0.2, 0.25) is 0 Å². The average Bonchev–Trinajstić information content (AvgIpc) is 2.15. The molecule has 0 bridgehead atoms. The van der Waals surface area contributed by atoms with Crippen molar-refractivity contribution in [3.63, 3.8) is 0 Å². The zero-order chi connectivity index (χ0) is 10.4. The van der Waals surface area contributed by atoms with Crippen molar-refractivity contribution in [1.29, 1.82) is 5.41 Å². The lowest BCUT2D eigenvalue weighted by Crippen LogP contribution is -2.19. The minimum atomic E-state index is 0.348. The zero-order valence-electron chi connectivity index (χ0n) is 9.51. The van der Waals surface area contributed by atoms with Gasteiger partial charge in [0.1, 0.15) is 0 Å². The molecule has 1 aliphatic rings. The van der Waals surface area contributed by atoms with Crippen LogP contribution in [0.5, 0.6) is 0 Å². The van der Waals surface area contributed by atoms with Crippen LogP contribution in [0.25, 0.3) is 0 Å². The van der Waals surface area contributed by atoms with E-state index in [-0.39, 0.29) is 0 Å². The van der Waals surface area contributed by atoms with Crippen LogP contribution in [0, 0.1) is 11.3 Å². The Hall–Kier alpha value is -0.370. The third kappa shape index (κ3) is 4.23. The average molecular weight is 197 g/mol. The molecule has 0 aliphatic heterocycles. The summed E-state index contributed by atoms with van der Waals surface area (Å²) in [5.41, 5.74) is 0.987. The molecule has 0 aromatic carbocycles. The summed E-state index contributed by atoms with van der Waals surface area (Å²) >= 11 is 0. The summed E-state index contributed by atoms with van der Waals surface area (Å²) in [5, 5.41) is 7.83. The predicted octanol–water partition coefficient (Wildman–Crippen LogP) is 3.40. The Morgan fingerprint density at radius 1 is 1.43 bits per heavy atom. The fraction of sp³-hybridized carbons (Fsp3) is 0.917. The maximum Gasteiger partial charge on any atom is 0.0518 e. The van der Waals surface area contributed by atoms with Gasteiger partial charge in [0.25, 0.3) is 0 Å². The summed E-state index contributed by atoms with van der Waals surface area (Å²) in [7, 11) is 0. The van der Waals surface area contributed by atoms with Crippen molar-refractivity contribution in [2.75, 3.05) is 6.61 Å². The summed E-state index contributed by atoms with van der Waals surface area (Å²) in [6, 6.07) is 0. The topological polar surface area (TPSA) is 33.1 Å². The smallest absolute Gasteiger partial charge is 0.0518 e. The Kier molecular flexibility index (Phi) is 5.16. The van der Waals surface area contributed by atoms with Crippen molar-refractivity contribution in [2.45, 2.75) is 58.5 Å². The lowest BCUT2D eigenvalue weighted by molar-refractivity contribution is 0.0745. The van der Waals surface area contributed by atoms with E-state index >= 15 is 0 Å². The SMILES string of the molecule is CC(C)OCCCC1CCCCC1=N. The van der Waals surface area contributed by atoms with Gasteiger partial charge in [-0.25, -0.2) is 0 Å². The van der Waals surface area contributed by atoms with Crippen LogP contribution in [-0.4, -0.2) is 18.4 Å². The summed E-state index contributed by atoms with van der Waals surface area (Å²) < 4.78 is 5.50. The molecule has 0 heterocycles. The highest BCUT2D eigenvalue weighted by Crippen LogP contribution is 2.24. The number of hydrogen-bond acceptors (Lipinski definition) is 2. The molecular weight excluding hydrogens is 174 g/mol. The Morgan fingerprint density at radius 2 is 2.21 bits per heavy atom. The Morgan fingerprint density at radius 3 is 2.86 bits per heavy atom. The second-order valence-corrected chi connectivity index (χ2v) is 4.53. The largest absolute Gasteiger partial charge is 0.379 e. The third-order valence-corrected chi connectivity index (χ3v) is 2.89. The van der Waals surface area contributed by atoms with E-state index < -0.39 is 0 Å². The van der Waals surface area contributed by atoms with Gasteiger partial charge < -0.3 is 10.1 Å². The van der Waals surface area contributed by atoms with Gasteiger partial charge in [0.15, 0.2) is 0 Å². The first-order valence-corrected chi connectivity index (χ1v) is 5.89. The summed E-state index contributed by atoms with van der Waals surface area (Å²) in [6.07, 6.45) is 7.45. The van der Waals surface area contributed by atoms with Crippen LogP contribution in [0.2, 0.25) is 0 Å². The molecule has 2 heteroatoms. The molecular formula is C12H23NO. The summed E-state index contributed by atoms with van der Waals surface area (Å²) in [5.74, 6) is 0.569. The number of nitrogens with one attached hydrogen (secondary N) is 1. The first-order chi connectivity index (χ1) is 6.70. The van der Waals surface area contributed by atoms with E-state index in [1.54, 1.807) is 0 Å². The maximum absolute atomic E-state index is 7.83. The monoisotopic (exact) mass is 197 g/mol. The zero-order valence-corrected chi connectivity index (χ0v) is 9.51. The van der Waals surface area contributed by atoms with E-state index in [0.29, 0.717) is 12.0 Å². The lowest BCUT2D eigenvalue weighted by Gasteiger charge is -2.22. The molecule has 0 aromatic rings. The van der Waals surface area contributed by atoms with Gasteiger partial charge in [-0.2, -0.15) is 0 Å². The van der Waals surface area contributed by atoms with Crippen molar-refractivity contribution in [1.82, 2.24) is 0 Å². The van der Waals surface area contributed by atoms with Gasteiger partial charge in [0.05, 0.1) is 6.10 Å². The molecule has 1 rings (SSSR count). The van der Waals surface area contributed by atoms with Crippen molar-refractivity contribution >= 4 is 5.71 Å². The van der Waals surface area contributed by atoms with E-state index in [4.69, 9.17) is 10.1 Å². The Bertz CT molecular complexity index is 177. The quantitative estimate of drug-likeness (QED) is 0.673. The molecule has 0 spiro atoms. The minimum absolute atomic E-state index is 0.348. The maximum atomic E-state index is 7.83. The predicted molar refractivity (Wildman–Crippen MR) is 60.0 cm³/mol. The minimum Gasteiger partial charge on any atom is -0.379 e. The molecule has 0 amide bonds. The van der Waals surface area contributed by atoms with E-state index in [1.807, 2.05) is 0 Å². The van der Waals surface area contributed by atoms with Crippen LogP contribution in [-0.2, 0) is 4.74 Å². The van der Waals surface area contributed by atoms with E-state index in [1.165, 1.54) is 19.3 Å². The third-order valence-electron chi connectivity index (χ3n) is 2.89. The van der Waals surface area contributed by atoms with Crippen molar-refractivity contribution in [3.8, 4) is 0 Å². The van der Waals surface area contributed by atoms with Crippen LogP contribution in [0.1, 0.15) is 52.4 Å². The van der Waals surface area contributed by atoms with Gasteiger partial charge in [-0.3, -0.25) is 0 Å². The Balaban J connectivity index is 2.07. The first kappa shape index (κ1) is 11.7. The van der Waals surface area contributed by atoms with Gasteiger partial charge in [0, 0.05) is 12.3 Å². The molecule has 14 heavy (non-hydrogen) atoms. The molecule has 1 atom stereocenters. The molecule has 0 radical (unpaired) electrons. The van der Waals surface area contributed by atoms with Crippen molar-refractivity contribution in [3.05, 3.63) is 0 Å². The lowest BCUT2D eigenvalue weighted by atomic mass is 9.84. The molecule has 1 saturated carbocycles. The second-order valence-electron chi connectivity index (χ2n) is 4.53. The van der Waals surface area contributed by atoms with Crippen LogP contribution in [0.3, 0.4) is 0 Å². The Labute approximate surface area is 87.5 Å². The van der Waals surface area contributed by atoms with Crippen LogP contribution >= 0.6 is 0 Å². The molecule has 0 aromatic heterocycles. The molecule has 2 nitrogen and oxygen atoms in total. The van der Waals surface area contributed by atoms with Gasteiger partial charge in [-0.15, -0.1) is 0 Å². The first-order valence-electron chi connectivity index (χ1n) is 5.89. The summed E-state index contributed by atoms with van der Waals surface area (Å²) in [4.78, 5) is 0. The van der Waals surface area contributed by atoms with Crippen molar-refractivity contribution in [2.24, 2.45) is 5.92 Å². The summed E-state index contributed by atoms with van der Waals surface area (Å²) in [6.45, 7) is 5.01. The highest BCUT2D eigenvalue weighted by molar-refractivity contribution is 5.84. The van der Waals surface area contributed by atoms with Crippen LogP contribution in [0.4, 0.5) is 0 Å². The van der Waals surface area contributed by atoms with Gasteiger partial charge in [-0.1, -0.05) is 6.42 Å². The second kappa shape index (κ2) is 6.18. The molecule has 1 unspecified atom stereocenters. The highest BCUT2D eigenvalue weighted by Gasteiger charge is 2.18. The number of hydrogen-bond donors (Lipinski definition) is 1. The molecule has 0 saturated heterocycles. The van der Waals surface area contributed by atoms with Gasteiger partial charge >= 0.3 is 0 Å². The van der Waals surface area contributed by atoms with Crippen LogP contribution < -0.4 is 0 Å². The normalized spacial score (nSPS) is 23.1. The van der Waals surface area contributed by atoms with Crippen molar-refractivity contribution < 1.29 is 4.74 Å². The van der Waals surface area contributed by atoms with E-state index in [0.717, 1.165) is 31.6 Å². The fourth-order valence-electron chi connectivity index (χ4n) is 2.05. The number of ether oxygens (including phenoxy) is 1. The highest BCUT2D eigenvalue weighted by atomic mass is 16.5. The molecule has 1 N–H and O–H groups in total. The van der Waals surface area contributed by atoms with Crippen LogP contribution in [0.15, 0.2) is 0 Å².